The Hall–Kier alpha value is -1.21. The van der Waals surface area contributed by atoms with Crippen LogP contribution in [0.2, 0.25) is 0 Å². The number of hydrogen-bond acceptors (Lipinski definition) is 1. The Labute approximate surface area is 119 Å². The van der Waals surface area contributed by atoms with E-state index in [1.165, 1.54) is 11.1 Å². The van der Waals surface area contributed by atoms with Crippen LogP contribution in [0.5, 0.6) is 0 Å². The summed E-state index contributed by atoms with van der Waals surface area (Å²) in [7, 11) is 0. The lowest BCUT2D eigenvalue weighted by Crippen LogP contribution is -1.78. The van der Waals surface area contributed by atoms with Gasteiger partial charge in [0.15, 0.2) is 0 Å². The van der Waals surface area contributed by atoms with Crippen LogP contribution in [0.15, 0.2) is 60.0 Å². The third-order valence-electron chi connectivity index (χ3n) is 1.87. The Kier molecular flexibility index (Phi) is 14.7. The van der Waals surface area contributed by atoms with E-state index >= 15 is 0 Å². The molecule has 0 saturated carbocycles. The van der Waals surface area contributed by atoms with E-state index in [2.05, 4.69) is 37.4 Å². The number of benzene rings is 1. The van der Waals surface area contributed by atoms with Gasteiger partial charge in [0.05, 0.1) is 0 Å². The monoisotopic (exact) mass is 262 g/mol. The topological polar surface area (TPSA) is 0 Å². The molecule has 0 aliphatic rings. The van der Waals surface area contributed by atoms with Crippen LogP contribution in [0.25, 0.3) is 5.57 Å². The maximum Gasteiger partial charge on any atom is -0.00318 e. The van der Waals surface area contributed by atoms with Crippen LogP contribution < -0.4 is 0 Å². The minimum absolute atomic E-state index is 0.764. The fourth-order valence-electron chi connectivity index (χ4n) is 1.18. The van der Waals surface area contributed by atoms with Crippen LogP contribution in [-0.2, 0) is 0 Å². The van der Waals surface area contributed by atoms with Crippen molar-refractivity contribution in [1.29, 1.82) is 0 Å². The van der Waals surface area contributed by atoms with Crippen molar-refractivity contribution < 1.29 is 0 Å². The first kappa shape index (κ1) is 19.1. The van der Waals surface area contributed by atoms with Crippen molar-refractivity contribution in [3.63, 3.8) is 0 Å². The number of thiol groups is 1. The summed E-state index contributed by atoms with van der Waals surface area (Å²) < 4.78 is 0. The van der Waals surface area contributed by atoms with Gasteiger partial charge in [-0.1, -0.05) is 76.8 Å². The number of hydrogen-bond donors (Lipinski definition) is 1. The molecule has 0 aliphatic carbocycles. The van der Waals surface area contributed by atoms with Gasteiger partial charge in [0.1, 0.15) is 0 Å². The average Bonchev–Trinajstić information content (AvgIpc) is 2.45. The van der Waals surface area contributed by atoms with Crippen LogP contribution in [0.4, 0.5) is 0 Å². The Morgan fingerprint density at radius 3 is 1.89 bits per heavy atom. The molecule has 1 aromatic carbocycles. The molecule has 0 atom stereocenters. The van der Waals surface area contributed by atoms with E-state index in [9.17, 15) is 0 Å². The highest BCUT2D eigenvalue weighted by Crippen LogP contribution is 2.16. The Morgan fingerprint density at radius 1 is 1.00 bits per heavy atom. The van der Waals surface area contributed by atoms with Crippen molar-refractivity contribution >= 4 is 18.2 Å². The molecule has 0 fully saturated rings. The van der Waals surface area contributed by atoms with Crippen molar-refractivity contribution in [3.8, 4) is 0 Å². The van der Waals surface area contributed by atoms with Gasteiger partial charge in [0.2, 0.25) is 0 Å². The summed E-state index contributed by atoms with van der Waals surface area (Å²) >= 11 is 4.12. The molecule has 0 radical (unpaired) electrons. The summed E-state index contributed by atoms with van der Waals surface area (Å²) in [6, 6.07) is 10.2. The second-order valence-corrected chi connectivity index (χ2v) is 3.51. The zero-order valence-electron chi connectivity index (χ0n) is 12.3. The largest absolute Gasteiger partial charge is 0.144 e. The van der Waals surface area contributed by atoms with Gasteiger partial charge in [0.25, 0.3) is 0 Å². The number of rotatable bonds is 3. The minimum atomic E-state index is 0.764. The van der Waals surface area contributed by atoms with Crippen LogP contribution in [0.1, 0.15) is 40.2 Å². The minimum Gasteiger partial charge on any atom is -0.144 e. The zero-order valence-corrected chi connectivity index (χ0v) is 13.2. The fourth-order valence-corrected chi connectivity index (χ4v) is 1.25. The zero-order chi connectivity index (χ0) is 14.4. The third-order valence-corrected chi connectivity index (χ3v) is 2.02. The Morgan fingerprint density at radius 2 is 1.50 bits per heavy atom. The summed E-state index contributed by atoms with van der Waals surface area (Å²) in [6.07, 6.45) is 5.98. The molecule has 0 amide bonds. The van der Waals surface area contributed by atoms with Gasteiger partial charge in [0, 0.05) is 0 Å². The second-order valence-electron chi connectivity index (χ2n) is 2.93. The normalized spacial score (nSPS) is 10.0. The lowest BCUT2D eigenvalue weighted by Gasteiger charge is -2.00. The highest BCUT2D eigenvalue weighted by atomic mass is 32.1. The van der Waals surface area contributed by atoms with Crippen LogP contribution >= 0.6 is 12.6 Å². The molecule has 0 aromatic heterocycles. The average molecular weight is 262 g/mol. The summed E-state index contributed by atoms with van der Waals surface area (Å²) in [5, 5.41) is 0. The molecule has 0 heterocycles. The van der Waals surface area contributed by atoms with Crippen molar-refractivity contribution in [2.75, 3.05) is 0 Å². The highest BCUT2D eigenvalue weighted by Gasteiger charge is 1.93. The van der Waals surface area contributed by atoms with E-state index in [4.69, 9.17) is 0 Å². The van der Waals surface area contributed by atoms with Crippen LogP contribution in [0, 0.1) is 0 Å². The molecular formula is C17H26S. The van der Waals surface area contributed by atoms with E-state index in [1.54, 1.807) is 0 Å². The van der Waals surface area contributed by atoms with Crippen molar-refractivity contribution in [2.45, 2.75) is 34.6 Å². The molecule has 0 bridgehead atoms. The predicted molar refractivity (Wildman–Crippen MR) is 90.1 cm³/mol. The molecule has 0 spiro atoms. The van der Waals surface area contributed by atoms with Gasteiger partial charge in [-0.25, -0.2) is 0 Å². The molecule has 1 rings (SSSR count). The maximum atomic E-state index is 4.12. The molecule has 0 unspecified atom stereocenters. The van der Waals surface area contributed by atoms with Gasteiger partial charge >= 0.3 is 0 Å². The van der Waals surface area contributed by atoms with Crippen molar-refractivity contribution in [3.05, 3.63) is 65.6 Å². The lowest BCUT2D eigenvalue weighted by molar-refractivity contribution is 1.50. The smallest absolute Gasteiger partial charge is 0.00318 e. The Balaban J connectivity index is 0. The molecule has 18 heavy (non-hydrogen) atoms. The summed E-state index contributed by atoms with van der Waals surface area (Å²) in [5.41, 5.74) is 2.39. The molecule has 0 saturated heterocycles. The van der Waals surface area contributed by atoms with E-state index in [1.807, 2.05) is 65.0 Å². The standard InChI is InChI=1S/C13H14S.2C2H6/c1-3-12(10-9-11(2)14)13-7-5-4-6-8-13;2*1-2/h3-10,14H,2H2,1H3;2*1-2H3/b10-9-,12-3+;;. The maximum absolute atomic E-state index is 4.12. The molecule has 100 valence electrons. The molecule has 1 heteroatoms. The van der Waals surface area contributed by atoms with Gasteiger partial charge in [-0.3, -0.25) is 0 Å². The SMILES string of the molecule is C=C(S)/C=C\C(=C/C)c1ccccc1.CC.CC. The van der Waals surface area contributed by atoms with Crippen LogP contribution in [0.3, 0.4) is 0 Å². The Bertz CT molecular complexity index is 358. The first-order valence-corrected chi connectivity index (χ1v) is 6.96. The summed E-state index contributed by atoms with van der Waals surface area (Å²) in [6.45, 7) is 13.7. The van der Waals surface area contributed by atoms with Gasteiger partial charge in [-0.2, -0.15) is 0 Å². The molecule has 0 nitrogen and oxygen atoms in total. The van der Waals surface area contributed by atoms with E-state index < -0.39 is 0 Å². The third kappa shape index (κ3) is 8.89. The lowest BCUT2D eigenvalue weighted by atomic mass is 10.1. The first-order chi connectivity index (χ1) is 8.74. The highest BCUT2D eigenvalue weighted by molar-refractivity contribution is 7.84. The van der Waals surface area contributed by atoms with Gasteiger partial charge in [-0.05, 0) is 29.0 Å². The van der Waals surface area contributed by atoms with Gasteiger partial charge < -0.3 is 0 Å². The summed E-state index contributed by atoms with van der Waals surface area (Å²) in [4.78, 5) is 0.764. The molecule has 0 aliphatic heterocycles. The van der Waals surface area contributed by atoms with E-state index in [0.29, 0.717) is 0 Å². The molecule has 1 aromatic rings. The molecule has 0 N–H and O–H groups in total. The van der Waals surface area contributed by atoms with E-state index in [0.717, 1.165) is 4.91 Å². The number of allylic oxidation sites excluding steroid dienone is 4. The van der Waals surface area contributed by atoms with Crippen molar-refractivity contribution in [1.82, 2.24) is 0 Å². The van der Waals surface area contributed by atoms with Crippen LogP contribution in [-0.4, -0.2) is 0 Å². The quantitative estimate of drug-likeness (QED) is 0.491. The molecular weight excluding hydrogens is 236 g/mol. The first-order valence-electron chi connectivity index (χ1n) is 6.51. The second kappa shape index (κ2) is 13.9. The van der Waals surface area contributed by atoms with E-state index in [-0.39, 0.29) is 0 Å². The fraction of sp³-hybridized carbons (Fsp3) is 0.294. The predicted octanol–water partition coefficient (Wildman–Crippen LogP) is 6.14. The van der Waals surface area contributed by atoms with Gasteiger partial charge in [-0.15, -0.1) is 12.6 Å². The summed E-state index contributed by atoms with van der Waals surface area (Å²) in [5.74, 6) is 0. The van der Waals surface area contributed by atoms with Crippen molar-refractivity contribution in [2.24, 2.45) is 0 Å².